The fourth-order valence-electron chi connectivity index (χ4n) is 3.39. The highest BCUT2D eigenvalue weighted by atomic mass is 32.2. The highest BCUT2D eigenvalue weighted by Crippen LogP contribution is 2.20. The van der Waals surface area contributed by atoms with Crippen molar-refractivity contribution in [2.45, 2.75) is 13.5 Å². The number of sulfone groups is 1. The van der Waals surface area contributed by atoms with Gasteiger partial charge in [-0.1, -0.05) is 24.3 Å². The van der Waals surface area contributed by atoms with Crippen molar-refractivity contribution < 1.29 is 13.2 Å². The zero-order valence-electron chi connectivity index (χ0n) is 16.6. The summed E-state index contributed by atoms with van der Waals surface area (Å²) in [6, 6.07) is 14.8. The molecule has 0 radical (unpaired) electrons. The molecule has 1 saturated heterocycles. The summed E-state index contributed by atoms with van der Waals surface area (Å²) in [5.74, 6) is 1.47. The molecule has 1 aromatic heterocycles. The van der Waals surface area contributed by atoms with Gasteiger partial charge in [0.2, 0.25) is 0 Å². The number of hydrogen-bond acceptors (Lipinski definition) is 6. The number of anilines is 1. The van der Waals surface area contributed by atoms with Gasteiger partial charge in [0.05, 0.1) is 11.5 Å². The summed E-state index contributed by atoms with van der Waals surface area (Å²) in [7, 11) is -2.90. The third-order valence-electron chi connectivity index (χ3n) is 5.01. The second-order valence-corrected chi connectivity index (χ2v) is 9.71. The van der Waals surface area contributed by atoms with Crippen molar-refractivity contribution in [2.24, 2.45) is 0 Å². The number of nitrogens with one attached hydrogen (secondary N) is 2. The van der Waals surface area contributed by atoms with Crippen LogP contribution in [0.15, 0.2) is 48.5 Å². The molecule has 0 aliphatic carbocycles. The van der Waals surface area contributed by atoms with Gasteiger partial charge in [-0.25, -0.2) is 13.4 Å². The molecule has 30 heavy (non-hydrogen) atoms. The van der Waals surface area contributed by atoms with E-state index in [0.717, 1.165) is 17.0 Å². The Morgan fingerprint density at radius 3 is 2.63 bits per heavy atom. The summed E-state index contributed by atoms with van der Waals surface area (Å²) in [6.07, 6.45) is 0. The summed E-state index contributed by atoms with van der Waals surface area (Å²) in [6.45, 7) is 3.49. The standard InChI is InChI=1S/C21H23N5O3S/c1-15-22-20(25-24-15)17-5-3-7-19(13-17)23-21(27)18-6-2-4-16(12-18)14-26-8-10-30(28,29)11-9-26/h2-7,12-13H,8-11,14H2,1H3,(H,23,27)(H,22,24,25). The largest absolute Gasteiger partial charge is 0.322 e. The predicted octanol–water partition coefficient (Wildman–Crippen LogP) is 2.26. The van der Waals surface area contributed by atoms with Gasteiger partial charge in [-0.2, -0.15) is 5.10 Å². The van der Waals surface area contributed by atoms with Crippen molar-refractivity contribution in [1.29, 1.82) is 0 Å². The zero-order valence-corrected chi connectivity index (χ0v) is 17.4. The van der Waals surface area contributed by atoms with Crippen molar-refractivity contribution in [3.63, 3.8) is 0 Å². The number of carbonyl (C=O) groups excluding carboxylic acids is 1. The van der Waals surface area contributed by atoms with Crippen LogP contribution in [0.3, 0.4) is 0 Å². The molecular formula is C21H23N5O3S. The number of rotatable bonds is 5. The molecule has 0 unspecified atom stereocenters. The Labute approximate surface area is 175 Å². The van der Waals surface area contributed by atoms with E-state index in [1.165, 1.54) is 0 Å². The number of hydrogen-bond donors (Lipinski definition) is 2. The van der Waals surface area contributed by atoms with Crippen molar-refractivity contribution >= 4 is 21.4 Å². The third-order valence-corrected chi connectivity index (χ3v) is 6.62. The molecule has 0 atom stereocenters. The number of nitrogens with zero attached hydrogens (tertiary/aromatic N) is 3. The Kier molecular flexibility index (Phi) is 5.65. The number of carbonyl (C=O) groups is 1. The second kappa shape index (κ2) is 8.37. The Bertz CT molecular complexity index is 1160. The van der Waals surface area contributed by atoms with E-state index in [0.29, 0.717) is 36.7 Å². The van der Waals surface area contributed by atoms with Gasteiger partial charge in [-0.05, 0) is 36.8 Å². The fraction of sp³-hybridized carbons (Fsp3) is 0.286. The second-order valence-electron chi connectivity index (χ2n) is 7.41. The van der Waals surface area contributed by atoms with Gasteiger partial charge in [0.25, 0.3) is 5.91 Å². The van der Waals surface area contributed by atoms with Gasteiger partial charge in [-0.3, -0.25) is 14.8 Å². The Morgan fingerprint density at radius 2 is 1.90 bits per heavy atom. The summed E-state index contributed by atoms with van der Waals surface area (Å²) < 4.78 is 23.2. The van der Waals surface area contributed by atoms with Gasteiger partial charge in [0, 0.05) is 36.4 Å². The molecule has 0 spiro atoms. The van der Waals surface area contributed by atoms with Crippen LogP contribution in [-0.4, -0.2) is 59.0 Å². The lowest BCUT2D eigenvalue weighted by atomic mass is 10.1. The van der Waals surface area contributed by atoms with E-state index in [1.807, 2.05) is 49.4 Å². The molecule has 1 aliphatic heterocycles. The summed E-state index contributed by atoms with van der Waals surface area (Å²) in [5, 5.41) is 9.88. The molecule has 156 valence electrons. The summed E-state index contributed by atoms with van der Waals surface area (Å²) in [4.78, 5) is 19.2. The summed E-state index contributed by atoms with van der Waals surface area (Å²) in [5.41, 5.74) is 3.00. The van der Waals surface area contributed by atoms with Crippen LogP contribution in [0.1, 0.15) is 21.7 Å². The first-order valence-electron chi connectivity index (χ1n) is 9.70. The topological polar surface area (TPSA) is 108 Å². The van der Waals surface area contributed by atoms with Crippen LogP contribution in [0.25, 0.3) is 11.4 Å². The van der Waals surface area contributed by atoms with Gasteiger partial charge in [0.15, 0.2) is 15.7 Å². The minimum atomic E-state index is -2.90. The first-order chi connectivity index (χ1) is 14.4. The molecule has 2 N–H and O–H groups in total. The maximum absolute atomic E-state index is 12.8. The minimum Gasteiger partial charge on any atom is -0.322 e. The number of H-pyrrole nitrogens is 1. The molecule has 8 nitrogen and oxygen atoms in total. The molecule has 9 heteroatoms. The fourth-order valence-corrected chi connectivity index (χ4v) is 4.67. The molecule has 4 rings (SSSR count). The van der Waals surface area contributed by atoms with Crippen LogP contribution in [0, 0.1) is 6.92 Å². The minimum absolute atomic E-state index is 0.188. The molecule has 3 aromatic rings. The van der Waals surface area contributed by atoms with Crippen molar-refractivity contribution in [2.75, 3.05) is 29.9 Å². The number of aromatic amines is 1. The van der Waals surface area contributed by atoms with Gasteiger partial charge in [-0.15, -0.1) is 0 Å². The van der Waals surface area contributed by atoms with E-state index in [4.69, 9.17) is 0 Å². The highest BCUT2D eigenvalue weighted by Gasteiger charge is 2.21. The summed E-state index contributed by atoms with van der Waals surface area (Å²) >= 11 is 0. The van der Waals surface area contributed by atoms with Crippen LogP contribution in [-0.2, 0) is 16.4 Å². The number of amides is 1. The van der Waals surface area contributed by atoms with Gasteiger partial charge in [0.1, 0.15) is 5.82 Å². The van der Waals surface area contributed by atoms with Crippen LogP contribution in [0.2, 0.25) is 0 Å². The van der Waals surface area contributed by atoms with Crippen molar-refractivity contribution in [3.05, 3.63) is 65.5 Å². The molecule has 1 aliphatic rings. The highest BCUT2D eigenvalue weighted by molar-refractivity contribution is 7.91. The lowest BCUT2D eigenvalue weighted by Gasteiger charge is -2.26. The van der Waals surface area contributed by atoms with E-state index < -0.39 is 9.84 Å². The normalized spacial score (nSPS) is 16.3. The SMILES string of the molecule is Cc1nc(-c2cccc(NC(=O)c3cccc(CN4CCS(=O)(=O)CC4)c3)c2)n[nH]1. The molecule has 2 heterocycles. The molecule has 1 fully saturated rings. The van der Waals surface area contributed by atoms with E-state index >= 15 is 0 Å². The van der Waals surface area contributed by atoms with Crippen molar-refractivity contribution in [1.82, 2.24) is 20.1 Å². The maximum Gasteiger partial charge on any atom is 0.255 e. The van der Waals surface area contributed by atoms with Crippen LogP contribution in [0.4, 0.5) is 5.69 Å². The Balaban J connectivity index is 1.43. The Hall–Kier alpha value is -3.04. The molecule has 0 bridgehead atoms. The van der Waals surface area contributed by atoms with Crippen molar-refractivity contribution in [3.8, 4) is 11.4 Å². The van der Waals surface area contributed by atoms with Crippen LogP contribution < -0.4 is 5.32 Å². The average Bonchev–Trinajstić information content (AvgIpc) is 3.16. The molecule has 0 saturated carbocycles. The van der Waals surface area contributed by atoms with E-state index in [-0.39, 0.29) is 17.4 Å². The van der Waals surface area contributed by atoms with E-state index in [2.05, 4.69) is 25.4 Å². The van der Waals surface area contributed by atoms with Gasteiger partial charge >= 0.3 is 0 Å². The first-order valence-corrected chi connectivity index (χ1v) is 11.5. The predicted molar refractivity (Wildman–Crippen MR) is 115 cm³/mol. The van der Waals surface area contributed by atoms with Crippen LogP contribution >= 0.6 is 0 Å². The quantitative estimate of drug-likeness (QED) is 0.649. The first kappa shape index (κ1) is 20.2. The smallest absolute Gasteiger partial charge is 0.255 e. The molecule has 2 aromatic carbocycles. The maximum atomic E-state index is 12.8. The number of benzene rings is 2. The van der Waals surface area contributed by atoms with Crippen LogP contribution in [0.5, 0.6) is 0 Å². The lowest BCUT2D eigenvalue weighted by Crippen LogP contribution is -2.39. The molecule has 1 amide bonds. The monoisotopic (exact) mass is 425 g/mol. The van der Waals surface area contributed by atoms with E-state index in [1.54, 1.807) is 6.07 Å². The Morgan fingerprint density at radius 1 is 1.13 bits per heavy atom. The lowest BCUT2D eigenvalue weighted by molar-refractivity contribution is 0.102. The molecular weight excluding hydrogens is 402 g/mol. The average molecular weight is 426 g/mol. The number of aryl methyl sites for hydroxylation is 1. The van der Waals surface area contributed by atoms with E-state index in [9.17, 15) is 13.2 Å². The number of aromatic nitrogens is 3. The third kappa shape index (κ3) is 4.92. The van der Waals surface area contributed by atoms with Gasteiger partial charge < -0.3 is 5.32 Å². The zero-order chi connectivity index (χ0) is 21.1.